The lowest BCUT2D eigenvalue weighted by Gasteiger charge is -2.16. The zero-order valence-electron chi connectivity index (χ0n) is 15.3. The van der Waals surface area contributed by atoms with E-state index in [9.17, 15) is 0 Å². The smallest absolute Gasteiger partial charge is 0.191 e. The number of methoxy groups -OCH3 is 1. The number of nitrogens with zero attached hydrogens (tertiary/aromatic N) is 1. The molecule has 138 valence electrons. The summed E-state index contributed by atoms with van der Waals surface area (Å²) < 4.78 is 5.45. The third kappa shape index (κ3) is 7.23. The van der Waals surface area contributed by atoms with Crippen LogP contribution in [-0.2, 0) is 13.0 Å². The number of hydrogen-bond acceptors (Lipinski definition) is 3. The molecule has 2 rings (SSSR count). The van der Waals surface area contributed by atoms with Gasteiger partial charge in [0.15, 0.2) is 5.96 Å². The van der Waals surface area contributed by atoms with Crippen LogP contribution in [0.25, 0.3) is 0 Å². The summed E-state index contributed by atoms with van der Waals surface area (Å²) in [6.07, 6.45) is 1.09. The fraction of sp³-hybridized carbons (Fsp3) is 0.421. The summed E-state index contributed by atoms with van der Waals surface area (Å²) in [5.74, 6) is 2.27. The predicted molar refractivity (Wildman–Crippen MR) is 119 cm³/mol. The Kier molecular flexibility index (Phi) is 9.89. The predicted octanol–water partition coefficient (Wildman–Crippen LogP) is 4.23. The third-order valence-electron chi connectivity index (χ3n) is 3.86. The number of guanidine groups is 1. The van der Waals surface area contributed by atoms with Gasteiger partial charge in [-0.25, -0.2) is 0 Å². The summed E-state index contributed by atoms with van der Waals surface area (Å²) in [4.78, 5) is 5.73. The van der Waals surface area contributed by atoms with Gasteiger partial charge in [-0.1, -0.05) is 25.1 Å². The van der Waals surface area contributed by atoms with E-state index in [0.29, 0.717) is 12.5 Å². The van der Waals surface area contributed by atoms with Crippen molar-refractivity contribution in [2.75, 3.05) is 20.7 Å². The topological polar surface area (TPSA) is 45.7 Å². The largest absolute Gasteiger partial charge is 0.496 e. The van der Waals surface area contributed by atoms with Crippen LogP contribution in [0.5, 0.6) is 5.75 Å². The molecule has 2 N–H and O–H groups in total. The van der Waals surface area contributed by atoms with Gasteiger partial charge in [-0.2, -0.15) is 0 Å². The van der Waals surface area contributed by atoms with Crippen molar-refractivity contribution >= 4 is 41.3 Å². The van der Waals surface area contributed by atoms with E-state index in [1.54, 1.807) is 14.2 Å². The molecule has 1 aromatic heterocycles. The van der Waals surface area contributed by atoms with Gasteiger partial charge in [0.25, 0.3) is 0 Å². The number of aryl methyl sites for hydroxylation is 1. The van der Waals surface area contributed by atoms with Gasteiger partial charge in [-0.15, -0.1) is 35.3 Å². The molecule has 0 aliphatic heterocycles. The first-order valence-corrected chi connectivity index (χ1v) is 9.10. The molecule has 0 amide bonds. The first-order valence-electron chi connectivity index (χ1n) is 8.22. The highest BCUT2D eigenvalue weighted by atomic mass is 127. The molecule has 0 aliphatic carbocycles. The van der Waals surface area contributed by atoms with E-state index < -0.39 is 0 Å². The molecule has 0 radical (unpaired) electrons. The van der Waals surface area contributed by atoms with Gasteiger partial charge in [0.05, 0.1) is 7.11 Å². The maximum Gasteiger partial charge on any atom is 0.191 e. The van der Waals surface area contributed by atoms with Crippen LogP contribution >= 0.6 is 35.3 Å². The fourth-order valence-corrected chi connectivity index (χ4v) is 3.38. The quantitative estimate of drug-likeness (QED) is 0.360. The Morgan fingerprint density at radius 3 is 2.72 bits per heavy atom. The third-order valence-corrected chi connectivity index (χ3v) is 4.76. The number of thiophene rings is 1. The fourth-order valence-electron chi connectivity index (χ4n) is 2.51. The average molecular weight is 473 g/mol. The Hall–Kier alpha value is -1.28. The molecule has 1 atom stereocenters. The van der Waals surface area contributed by atoms with Crippen LogP contribution in [0, 0.1) is 12.8 Å². The Morgan fingerprint density at radius 1 is 1.28 bits per heavy atom. The molecule has 0 fully saturated rings. The molecule has 0 aliphatic rings. The number of benzene rings is 1. The first kappa shape index (κ1) is 21.8. The van der Waals surface area contributed by atoms with Crippen molar-refractivity contribution in [3.63, 3.8) is 0 Å². The van der Waals surface area contributed by atoms with Crippen molar-refractivity contribution in [3.8, 4) is 5.75 Å². The minimum Gasteiger partial charge on any atom is -0.496 e. The summed E-state index contributed by atoms with van der Waals surface area (Å²) in [5, 5.41) is 8.89. The van der Waals surface area contributed by atoms with E-state index in [1.807, 2.05) is 11.3 Å². The van der Waals surface area contributed by atoms with E-state index in [0.717, 1.165) is 30.2 Å². The lowest BCUT2D eigenvalue weighted by molar-refractivity contribution is 0.408. The highest BCUT2D eigenvalue weighted by Gasteiger charge is 2.07. The molecule has 25 heavy (non-hydrogen) atoms. The highest BCUT2D eigenvalue weighted by Crippen LogP contribution is 2.19. The van der Waals surface area contributed by atoms with Crippen LogP contribution < -0.4 is 15.4 Å². The van der Waals surface area contributed by atoms with Crippen molar-refractivity contribution in [1.82, 2.24) is 10.6 Å². The van der Waals surface area contributed by atoms with Crippen LogP contribution in [0.1, 0.15) is 22.9 Å². The maximum atomic E-state index is 5.45. The standard InChI is InChI=1S/C19H27N3OS.HI/c1-14-7-8-16(18(11-14)23-4)13-22-19(20-3)21-12-15(2)10-17-6-5-9-24-17;/h5-9,11,15H,10,12-13H2,1-4H3,(H2,20,21,22);1H. The SMILES string of the molecule is CN=C(NCc1ccc(C)cc1OC)NCC(C)Cc1cccs1.I. The lowest BCUT2D eigenvalue weighted by atomic mass is 10.1. The molecule has 1 unspecified atom stereocenters. The summed E-state index contributed by atoms with van der Waals surface area (Å²) >= 11 is 1.82. The molecule has 2 aromatic rings. The highest BCUT2D eigenvalue weighted by molar-refractivity contribution is 14.0. The molecular weight excluding hydrogens is 445 g/mol. The van der Waals surface area contributed by atoms with E-state index in [-0.39, 0.29) is 24.0 Å². The monoisotopic (exact) mass is 473 g/mol. The van der Waals surface area contributed by atoms with Gasteiger partial charge in [-0.3, -0.25) is 4.99 Å². The van der Waals surface area contributed by atoms with Crippen molar-refractivity contribution in [2.45, 2.75) is 26.8 Å². The normalized spacial score (nSPS) is 12.2. The van der Waals surface area contributed by atoms with Crippen LogP contribution in [0.3, 0.4) is 0 Å². The zero-order valence-corrected chi connectivity index (χ0v) is 18.5. The number of nitrogens with one attached hydrogen (secondary N) is 2. The molecule has 6 heteroatoms. The molecule has 1 heterocycles. The van der Waals surface area contributed by atoms with E-state index in [4.69, 9.17) is 4.74 Å². The van der Waals surface area contributed by atoms with Gasteiger partial charge >= 0.3 is 0 Å². The second-order valence-electron chi connectivity index (χ2n) is 6.01. The Labute approximate surface area is 172 Å². The van der Waals surface area contributed by atoms with Crippen LogP contribution in [-0.4, -0.2) is 26.7 Å². The van der Waals surface area contributed by atoms with Crippen molar-refractivity contribution < 1.29 is 4.74 Å². The Morgan fingerprint density at radius 2 is 2.08 bits per heavy atom. The molecule has 4 nitrogen and oxygen atoms in total. The van der Waals surface area contributed by atoms with Crippen LogP contribution in [0.4, 0.5) is 0 Å². The molecular formula is C19H28IN3OS. The second-order valence-corrected chi connectivity index (χ2v) is 7.04. The number of hydrogen-bond donors (Lipinski definition) is 2. The molecule has 0 bridgehead atoms. The van der Waals surface area contributed by atoms with Gasteiger partial charge < -0.3 is 15.4 Å². The van der Waals surface area contributed by atoms with Gasteiger partial charge in [0.1, 0.15) is 5.75 Å². The molecule has 0 saturated carbocycles. The van der Waals surface area contributed by atoms with E-state index >= 15 is 0 Å². The number of halogens is 1. The summed E-state index contributed by atoms with van der Waals surface area (Å²) in [6.45, 7) is 5.89. The number of aliphatic imine (C=N–C) groups is 1. The summed E-state index contributed by atoms with van der Waals surface area (Å²) in [6, 6.07) is 10.5. The minimum atomic E-state index is 0. The van der Waals surface area contributed by atoms with Crippen LogP contribution in [0.2, 0.25) is 0 Å². The van der Waals surface area contributed by atoms with Crippen molar-refractivity contribution in [3.05, 3.63) is 51.7 Å². The molecule has 1 aromatic carbocycles. The van der Waals surface area contributed by atoms with Gasteiger partial charge in [-0.05, 0) is 42.3 Å². The van der Waals surface area contributed by atoms with Gasteiger partial charge in [0, 0.05) is 30.6 Å². The van der Waals surface area contributed by atoms with E-state index in [1.165, 1.54) is 10.4 Å². The minimum absolute atomic E-state index is 0. The summed E-state index contributed by atoms with van der Waals surface area (Å²) in [5.41, 5.74) is 2.32. The maximum absolute atomic E-state index is 5.45. The Bertz CT molecular complexity index is 659. The van der Waals surface area contributed by atoms with Crippen molar-refractivity contribution in [2.24, 2.45) is 10.9 Å². The average Bonchev–Trinajstić information content (AvgIpc) is 3.08. The molecule has 0 spiro atoms. The lowest BCUT2D eigenvalue weighted by Crippen LogP contribution is -2.39. The van der Waals surface area contributed by atoms with Crippen LogP contribution in [0.15, 0.2) is 40.7 Å². The summed E-state index contributed by atoms with van der Waals surface area (Å²) in [7, 11) is 3.50. The second kappa shape index (κ2) is 11.4. The number of rotatable bonds is 7. The zero-order chi connectivity index (χ0) is 17.4. The Balaban J connectivity index is 0.00000312. The van der Waals surface area contributed by atoms with Gasteiger partial charge in [0.2, 0.25) is 0 Å². The number of ether oxygens (including phenoxy) is 1. The van der Waals surface area contributed by atoms with Crippen molar-refractivity contribution in [1.29, 1.82) is 0 Å². The van der Waals surface area contributed by atoms with E-state index in [2.05, 4.69) is 65.2 Å². The molecule has 0 saturated heterocycles. The first-order chi connectivity index (χ1) is 11.6.